The molecule has 2 rings (SSSR count). The number of benzene rings is 1. The molecule has 0 aromatic heterocycles. The molecule has 0 saturated carbocycles. The minimum Gasteiger partial charge on any atom is -0.378 e. The maximum atomic E-state index is 12.3. The van der Waals surface area contributed by atoms with Crippen molar-refractivity contribution in [2.45, 2.75) is 26.4 Å². The van der Waals surface area contributed by atoms with Crippen molar-refractivity contribution in [3.63, 3.8) is 0 Å². The maximum Gasteiger partial charge on any atom is 0.315 e. The van der Waals surface area contributed by atoms with Crippen LogP contribution in [0.15, 0.2) is 24.3 Å². The maximum absolute atomic E-state index is 12.3. The zero-order valence-electron chi connectivity index (χ0n) is 13.1. The summed E-state index contributed by atoms with van der Waals surface area (Å²) in [4.78, 5) is 25.6. The van der Waals surface area contributed by atoms with Crippen molar-refractivity contribution in [3.05, 3.63) is 35.4 Å². The normalized spacial score (nSPS) is 14.8. The van der Waals surface area contributed by atoms with Crippen LogP contribution < -0.4 is 10.6 Å². The summed E-state index contributed by atoms with van der Waals surface area (Å²) in [6, 6.07) is 7.24. The highest BCUT2D eigenvalue weighted by Gasteiger charge is 2.18. The van der Waals surface area contributed by atoms with E-state index in [4.69, 9.17) is 4.74 Å². The first kappa shape index (κ1) is 16.3. The van der Waals surface area contributed by atoms with Crippen molar-refractivity contribution in [1.82, 2.24) is 15.5 Å². The Balaban J connectivity index is 1.87. The standard InChI is InChI=1S/C16H23N3O3/c1-12(2)18-16(21)17-11-13-3-5-14(6-4-13)15(20)19-7-9-22-10-8-19/h3-6,12H,7-11H2,1-2H3,(H2,17,18,21). The average molecular weight is 305 g/mol. The third-order valence-corrected chi connectivity index (χ3v) is 3.37. The number of rotatable bonds is 4. The minimum atomic E-state index is -0.191. The minimum absolute atomic E-state index is 0.0281. The lowest BCUT2D eigenvalue weighted by molar-refractivity contribution is 0.0303. The van der Waals surface area contributed by atoms with Gasteiger partial charge in [-0.2, -0.15) is 0 Å². The molecule has 1 aromatic rings. The fourth-order valence-electron chi connectivity index (χ4n) is 2.21. The zero-order valence-corrected chi connectivity index (χ0v) is 13.1. The summed E-state index contributed by atoms with van der Waals surface area (Å²) in [5, 5.41) is 5.54. The third-order valence-electron chi connectivity index (χ3n) is 3.37. The fraction of sp³-hybridized carbons (Fsp3) is 0.500. The van der Waals surface area contributed by atoms with E-state index in [-0.39, 0.29) is 18.0 Å². The van der Waals surface area contributed by atoms with Crippen LogP contribution in [-0.4, -0.2) is 49.2 Å². The van der Waals surface area contributed by atoms with Gasteiger partial charge < -0.3 is 20.3 Å². The molecular weight excluding hydrogens is 282 g/mol. The highest BCUT2D eigenvalue weighted by atomic mass is 16.5. The van der Waals surface area contributed by atoms with Crippen molar-refractivity contribution >= 4 is 11.9 Å². The Labute approximate surface area is 130 Å². The number of hydrogen-bond donors (Lipinski definition) is 2. The van der Waals surface area contributed by atoms with Crippen LogP contribution >= 0.6 is 0 Å². The van der Waals surface area contributed by atoms with E-state index in [0.29, 0.717) is 38.4 Å². The number of ether oxygens (including phenoxy) is 1. The van der Waals surface area contributed by atoms with Crippen LogP contribution in [0.3, 0.4) is 0 Å². The first-order valence-corrected chi connectivity index (χ1v) is 7.56. The van der Waals surface area contributed by atoms with Crippen molar-refractivity contribution in [3.8, 4) is 0 Å². The van der Waals surface area contributed by atoms with E-state index < -0.39 is 0 Å². The largest absolute Gasteiger partial charge is 0.378 e. The second-order valence-electron chi connectivity index (χ2n) is 5.58. The topological polar surface area (TPSA) is 70.7 Å². The second kappa shape index (κ2) is 7.79. The summed E-state index contributed by atoms with van der Waals surface area (Å²) >= 11 is 0. The summed E-state index contributed by atoms with van der Waals surface area (Å²) in [5.74, 6) is 0.0281. The van der Waals surface area contributed by atoms with Gasteiger partial charge in [-0.1, -0.05) is 12.1 Å². The fourth-order valence-corrected chi connectivity index (χ4v) is 2.21. The molecule has 6 nitrogen and oxygen atoms in total. The van der Waals surface area contributed by atoms with Crippen LogP contribution in [0.4, 0.5) is 4.79 Å². The molecule has 1 fully saturated rings. The Morgan fingerprint density at radius 2 is 1.82 bits per heavy atom. The SMILES string of the molecule is CC(C)NC(=O)NCc1ccc(C(=O)N2CCOCC2)cc1. The summed E-state index contributed by atoms with van der Waals surface area (Å²) in [6.45, 7) is 6.72. The summed E-state index contributed by atoms with van der Waals surface area (Å²) in [5.41, 5.74) is 1.62. The van der Waals surface area contributed by atoms with Crippen molar-refractivity contribution in [2.75, 3.05) is 26.3 Å². The van der Waals surface area contributed by atoms with E-state index in [1.54, 1.807) is 17.0 Å². The lowest BCUT2D eigenvalue weighted by Gasteiger charge is -2.26. The predicted molar refractivity (Wildman–Crippen MR) is 83.7 cm³/mol. The van der Waals surface area contributed by atoms with Crippen molar-refractivity contribution in [2.24, 2.45) is 0 Å². The molecule has 1 heterocycles. The van der Waals surface area contributed by atoms with Gasteiger partial charge in [0.2, 0.25) is 0 Å². The lowest BCUT2D eigenvalue weighted by Crippen LogP contribution is -2.40. The smallest absolute Gasteiger partial charge is 0.315 e. The van der Waals surface area contributed by atoms with E-state index in [1.165, 1.54) is 0 Å². The van der Waals surface area contributed by atoms with Gasteiger partial charge in [0.25, 0.3) is 5.91 Å². The Bertz CT molecular complexity index is 508. The van der Waals surface area contributed by atoms with Crippen LogP contribution in [0, 0.1) is 0 Å². The molecule has 0 bridgehead atoms. The first-order valence-electron chi connectivity index (χ1n) is 7.56. The quantitative estimate of drug-likeness (QED) is 0.882. The Morgan fingerprint density at radius 3 is 2.41 bits per heavy atom. The molecule has 6 heteroatoms. The number of amides is 3. The molecule has 0 unspecified atom stereocenters. The van der Waals surface area contributed by atoms with Gasteiger partial charge in [-0.05, 0) is 31.5 Å². The van der Waals surface area contributed by atoms with E-state index >= 15 is 0 Å². The molecule has 3 amide bonds. The summed E-state index contributed by atoms with van der Waals surface area (Å²) in [7, 11) is 0. The number of nitrogens with zero attached hydrogens (tertiary/aromatic N) is 1. The van der Waals surface area contributed by atoms with Gasteiger partial charge in [0.1, 0.15) is 0 Å². The molecule has 1 saturated heterocycles. The molecule has 1 aliphatic heterocycles. The highest BCUT2D eigenvalue weighted by molar-refractivity contribution is 5.94. The van der Waals surface area contributed by atoms with Gasteiger partial charge >= 0.3 is 6.03 Å². The molecule has 120 valence electrons. The summed E-state index contributed by atoms with van der Waals surface area (Å²) in [6.07, 6.45) is 0. The number of urea groups is 1. The predicted octanol–water partition coefficient (Wildman–Crippen LogP) is 1.37. The molecule has 0 radical (unpaired) electrons. The van der Waals surface area contributed by atoms with Gasteiger partial charge in [0.15, 0.2) is 0 Å². The molecule has 1 aromatic carbocycles. The van der Waals surface area contributed by atoms with E-state index in [2.05, 4.69) is 10.6 Å². The second-order valence-corrected chi connectivity index (χ2v) is 5.58. The Morgan fingerprint density at radius 1 is 1.18 bits per heavy atom. The first-order chi connectivity index (χ1) is 10.6. The van der Waals surface area contributed by atoms with Crippen LogP contribution in [0.1, 0.15) is 29.8 Å². The Kier molecular flexibility index (Phi) is 5.77. The number of carbonyl (C=O) groups excluding carboxylic acids is 2. The Hall–Kier alpha value is -2.08. The average Bonchev–Trinajstić information content (AvgIpc) is 2.53. The third kappa shape index (κ3) is 4.73. The van der Waals surface area contributed by atoms with Gasteiger partial charge in [-0.3, -0.25) is 4.79 Å². The van der Waals surface area contributed by atoms with Crippen LogP contribution in [0.2, 0.25) is 0 Å². The molecule has 22 heavy (non-hydrogen) atoms. The number of morpholine rings is 1. The van der Waals surface area contributed by atoms with Crippen LogP contribution in [-0.2, 0) is 11.3 Å². The van der Waals surface area contributed by atoms with Crippen molar-refractivity contribution < 1.29 is 14.3 Å². The number of carbonyl (C=O) groups is 2. The van der Waals surface area contributed by atoms with Gasteiger partial charge in [0.05, 0.1) is 13.2 Å². The highest BCUT2D eigenvalue weighted by Crippen LogP contribution is 2.09. The van der Waals surface area contributed by atoms with Crippen LogP contribution in [0.5, 0.6) is 0 Å². The molecule has 2 N–H and O–H groups in total. The van der Waals surface area contributed by atoms with E-state index in [9.17, 15) is 9.59 Å². The van der Waals surface area contributed by atoms with Gasteiger partial charge in [-0.25, -0.2) is 4.79 Å². The monoisotopic (exact) mass is 305 g/mol. The van der Waals surface area contributed by atoms with Crippen molar-refractivity contribution in [1.29, 1.82) is 0 Å². The van der Waals surface area contributed by atoms with Gasteiger partial charge in [-0.15, -0.1) is 0 Å². The van der Waals surface area contributed by atoms with Gasteiger partial charge in [0, 0.05) is 31.2 Å². The molecular formula is C16H23N3O3. The molecule has 0 aliphatic carbocycles. The van der Waals surface area contributed by atoms with Crippen LogP contribution in [0.25, 0.3) is 0 Å². The zero-order chi connectivity index (χ0) is 15.9. The number of hydrogen-bond acceptors (Lipinski definition) is 3. The lowest BCUT2D eigenvalue weighted by atomic mass is 10.1. The molecule has 0 spiro atoms. The molecule has 0 atom stereocenters. The number of nitrogens with one attached hydrogen (secondary N) is 2. The summed E-state index contributed by atoms with van der Waals surface area (Å²) < 4.78 is 5.25. The van der Waals surface area contributed by atoms with E-state index in [1.807, 2.05) is 26.0 Å². The van der Waals surface area contributed by atoms with E-state index in [0.717, 1.165) is 5.56 Å². The molecule has 1 aliphatic rings.